The summed E-state index contributed by atoms with van der Waals surface area (Å²) in [4.78, 5) is 12.4. The van der Waals surface area contributed by atoms with Crippen LogP contribution < -0.4 is 5.32 Å². The molecule has 0 fully saturated rings. The van der Waals surface area contributed by atoms with Gasteiger partial charge >= 0.3 is 0 Å². The van der Waals surface area contributed by atoms with Crippen molar-refractivity contribution in [1.82, 2.24) is 10.2 Å². The van der Waals surface area contributed by atoms with Crippen LogP contribution in [0.5, 0.6) is 0 Å². The van der Waals surface area contributed by atoms with Crippen molar-refractivity contribution >= 4 is 23.4 Å². The molecular weight excluding hydrogens is 360 g/mol. The normalized spacial score (nSPS) is 11.6. The number of amides is 1. The third-order valence-corrected chi connectivity index (χ3v) is 4.76. The highest BCUT2D eigenvalue weighted by atomic mass is 32.2. The number of hydrogen-bond donors (Lipinski definition) is 1. The molecule has 2 aromatic carbocycles. The molecule has 7 heteroatoms. The van der Waals surface area contributed by atoms with E-state index in [1.165, 1.54) is 11.8 Å². The minimum atomic E-state index is -0.468. The number of nitrogens with zero attached hydrogens (tertiary/aromatic N) is 3. The maximum absolute atomic E-state index is 12.4. The molecule has 1 N–H and O–H groups in total. The average Bonchev–Trinajstić information content (AvgIpc) is 3.10. The van der Waals surface area contributed by atoms with E-state index in [0.717, 1.165) is 16.7 Å². The molecule has 0 spiro atoms. The van der Waals surface area contributed by atoms with E-state index in [4.69, 9.17) is 9.68 Å². The van der Waals surface area contributed by atoms with E-state index in [1.807, 2.05) is 26.0 Å². The van der Waals surface area contributed by atoms with Gasteiger partial charge in [0, 0.05) is 5.56 Å². The van der Waals surface area contributed by atoms with Crippen molar-refractivity contribution < 1.29 is 9.21 Å². The fraction of sp³-hybridized carbons (Fsp3) is 0.200. The zero-order valence-electron chi connectivity index (χ0n) is 15.2. The maximum atomic E-state index is 12.4. The van der Waals surface area contributed by atoms with E-state index < -0.39 is 5.25 Å². The Morgan fingerprint density at radius 1 is 1.19 bits per heavy atom. The van der Waals surface area contributed by atoms with Crippen molar-refractivity contribution in [3.8, 4) is 17.5 Å². The van der Waals surface area contributed by atoms with Crippen molar-refractivity contribution in [2.75, 3.05) is 5.32 Å². The van der Waals surface area contributed by atoms with Gasteiger partial charge in [-0.15, -0.1) is 10.2 Å². The maximum Gasteiger partial charge on any atom is 0.277 e. The SMILES string of the molecule is Cc1cc(C)cc(-c2nnc(S[C@H](C)C(=O)Nc3ccccc3C#N)o2)c1. The van der Waals surface area contributed by atoms with Crippen LogP contribution in [0.1, 0.15) is 23.6 Å². The lowest BCUT2D eigenvalue weighted by Crippen LogP contribution is -2.22. The van der Waals surface area contributed by atoms with E-state index in [-0.39, 0.29) is 5.91 Å². The Kier molecular flexibility index (Phi) is 5.57. The molecule has 1 heterocycles. The van der Waals surface area contributed by atoms with Crippen LogP contribution in [0.15, 0.2) is 52.1 Å². The highest BCUT2D eigenvalue weighted by Crippen LogP contribution is 2.28. The number of nitriles is 1. The molecule has 0 aliphatic rings. The smallest absolute Gasteiger partial charge is 0.277 e. The minimum Gasteiger partial charge on any atom is -0.411 e. The Hall–Kier alpha value is -3.11. The van der Waals surface area contributed by atoms with Gasteiger partial charge < -0.3 is 9.73 Å². The quantitative estimate of drug-likeness (QED) is 0.664. The van der Waals surface area contributed by atoms with Crippen LogP contribution in [-0.2, 0) is 4.79 Å². The van der Waals surface area contributed by atoms with E-state index in [9.17, 15) is 4.79 Å². The number of aryl methyl sites for hydroxylation is 2. The van der Waals surface area contributed by atoms with Gasteiger partial charge in [-0.2, -0.15) is 5.26 Å². The summed E-state index contributed by atoms with van der Waals surface area (Å²) in [6.07, 6.45) is 0. The van der Waals surface area contributed by atoms with E-state index in [0.29, 0.717) is 22.4 Å². The molecule has 0 aliphatic carbocycles. The molecular formula is C20H18N4O2S. The molecule has 0 saturated heterocycles. The Morgan fingerprint density at radius 2 is 1.89 bits per heavy atom. The predicted octanol–water partition coefficient (Wildman–Crippen LogP) is 4.34. The predicted molar refractivity (Wildman–Crippen MR) is 104 cm³/mol. The molecule has 27 heavy (non-hydrogen) atoms. The van der Waals surface area contributed by atoms with Crippen LogP contribution in [0, 0.1) is 25.2 Å². The minimum absolute atomic E-state index is 0.242. The highest BCUT2D eigenvalue weighted by Gasteiger charge is 2.20. The van der Waals surface area contributed by atoms with Crippen LogP contribution in [0.2, 0.25) is 0 Å². The summed E-state index contributed by atoms with van der Waals surface area (Å²) in [7, 11) is 0. The van der Waals surface area contributed by atoms with Gasteiger partial charge in [0.2, 0.25) is 11.8 Å². The number of para-hydroxylation sites is 1. The van der Waals surface area contributed by atoms with Gasteiger partial charge in [-0.1, -0.05) is 41.1 Å². The van der Waals surface area contributed by atoms with E-state index >= 15 is 0 Å². The van der Waals surface area contributed by atoms with Crippen molar-refractivity contribution in [2.45, 2.75) is 31.2 Å². The lowest BCUT2D eigenvalue weighted by molar-refractivity contribution is -0.115. The summed E-state index contributed by atoms with van der Waals surface area (Å²) in [5, 5.41) is 19.8. The topological polar surface area (TPSA) is 91.8 Å². The number of benzene rings is 2. The molecule has 3 rings (SSSR count). The molecule has 0 unspecified atom stereocenters. The summed E-state index contributed by atoms with van der Waals surface area (Å²) in [6.45, 7) is 5.76. The Labute approximate surface area is 161 Å². The number of thioether (sulfide) groups is 1. The van der Waals surface area contributed by atoms with Crippen molar-refractivity contribution in [3.05, 3.63) is 59.2 Å². The summed E-state index contributed by atoms with van der Waals surface area (Å²) in [5.41, 5.74) is 3.98. The molecule has 0 radical (unpaired) electrons. The molecule has 1 atom stereocenters. The number of aromatic nitrogens is 2. The van der Waals surface area contributed by atoms with Crippen LogP contribution >= 0.6 is 11.8 Å². The monoisotopic (exact) mass is 378 g/mol. The van der Waals surface area contributed by atoms with Gasteiger partial charge in [-0.3, -0.25) is 4.79 Å². The van der Waals surface area contributed by atoms with Crippen LogP contribution in [0.25, 0.3) is 11.5 Å². The van der Waals surface area contributed by atoms with E-state index in [1.54, 1.807) is 31.2 Å². The number of rotatable bonds is 5. The molecule has 6 nitrogen and oxygen atoms in total. The number of carbonyl (C=O) groups excluding carboxylic acids is 1. The van der Waals surface area contributed by atoms with Gasteiger partial charge in [-0.05, 0) is 45.0 Å². The summed E-state index contributed by atoms with van der Waals surface area (Å²) in [5.74, 6) is 0.181. The molecule has 0 saturated carbocycles. The molecule has 1 aromatic heterocycles. The van der Waals surface area contributed by atoms with Crippen LogP contribution in [0.3, 0.4) is 0 Å². The second-order valence-electron chi connectivity index (χ2n) is 6.16. The fourth-order valence-corrected chi connectivity index (χ4v) is 3.28. The van der Waals surface area contributed by atoms with Gasteiger partial charge in [0.25, 0.3) is 5.22 Å². The summed E-state index contributed by atoms with van der Waals surface area (Å²) in [6, 6.07) is 14.9. The lowest BCUT2D eigenvalue weighted by atomic mass is 10.1. The third kappa shape index (κ3) is 4.54. The molecule has 0 bridgehead atoms. The first-order chi connectivity index (χ1) is 13.0. The van der Waals surface area contributed by atoms with Crippen LogP contribution in [0.4, 0.5) is 5.69 Å². The third-order valence-electron chi connectivity index (χ3n) is 3.83. The average molecular weight is 378 g/mol. The Balaban J connectivity index is 1.69. The molecule has 0 aliphatic heterocycles. The van der Waals surface area contributed by atoms with Crippen molar-refractivity contribution in [2.24, 2.45) is 0 Å². The summed E-state index contributed by atoms with van der Waals surface area (Å²) >= 11 is 1.17. The molecule has 136 valence electrons. The zero-order chi connectivity index (χ0) is 19.4. The van der Waals surface area contributed by atoms with Crippen molar-refractivity contribution in [3.63, 3.8) is 0 Å². The van der Waals surface area contributed by atoms with E-state index in [2.05, 4.69) is 27.6 Å². The number of hydrogen-bond acceptors (Lipinski definition) is 6. The summed E-state index contributed by atoms with van der Waals surface area (Å²) < 4.78 is 5.70. The van der Waals surface area contributed by atoms with Gasteiger partial charge in [0.1, 0.15) is 6.07 Å². The molecule has 3 aromatic rings. The first kappa shape index (κ1) is 18.7. The Morgan fingerprint density at radius 3 is 2.59 bits per heavy atom. The fourth-order valence-electron chi connectivity index (χ4n) is 2.60. The van der Waals surface area contributed by atoms with Crippen LogP contribution in [-0.4, -0.2) is 21.4 Å². The van der Waals surface area contributed by atoms with Gasteiger partial charge in [-0.25, -0.2) is 0 Å². The second-order valence-corrected chi connectivity index (χ2v) is 7.45. The number of anilines is 1. The number of nitrogens with one attached hydrogen (secondary N) is 1. The van der Waals surface area contributed by atoms with Gasteiger partial charge in [0.15, 0.2) is 0 Å². The van der Waals surface area contributed by atoms with Crippen molar-refractivity contribution in [1.29, 1.82) is 5.26 Å². The first-order valence-corrected chi connectivity index (χ1v) is 9.23. The van der Waals surface area contributed by atoms with Gasteiger partial charge in [0.05, 0.1) is 16.5 Å². The lowest BCUT2D eigenvalue weighted by Gasteiger charge is -2.10. The highest BCUT2D eigenvalue weighted by molar-refractivity contribution is 8.00. The first-order valence-electron chi connectivity index (χ1n) is 8.35. The standard InChI is InChI=1S/C20H18N4O2S/c1-12-8-13(2)10-16(9-12)19-23-24-20(26-19)27-14(3)18(25)22-17-7-5-4-6-15(17)11-21/h4-10,14H,1-3H3,(H,22,25)/t14-/m1/s1. The molecule has 1 amide bonds. The zero-order valence-corrected chi connectivity index (χ0v) is 16.0. The number of carbonyl (C=O) groups is 1. The second kappa shape index (κ2) is 8.06. The Bertz CT molecular complexity index is 1000. The largest absolute Gasteiger partial charge is 0.411 e.